The van der Waals surface area contributed by atoms with Gasteiger partial charge >= 0.3 is 0 Å². The minimum Gasteiger partial charge on any atom is -0.493 e. The lowest BCUT2D eigenvalue weighted by molar-refractivity contribution is 0.0154. The second-order valence-electron chi connectivity index (χ2n) is 6.76. The zero-order valence-corrected chi connectivity index (χ0v) is 18.9. The summed E-state index contributed by atoms with van der Waals surface area (Å²) in [4.78, 5) is 9.87. The Morgan fingerprint density at radius 1 is 1.11 bits per heavy atom. The maximum absolute atomic E-state index is 5.37. The Morgan fingerprint density at radius 3 is 2.44 bits per heavy atom. The average molecular weight is 489 g/mol. The predicted octanol–water partition coefficient (Wildman–Crippen LogP) is 1.38. The van der Waals surface area contributed by atoms with Gasteiger partial charge in [0, 0.05) is 51.9 Å². The van der Waals surface area contributed by atoms with Crippen molar-refractivity contribution in [1.82, 2.24) is 20.4 Å². The van der Waals surface area contributed by atoms with Crippen LogP contribution in [-0.4, -0.2) is 81.8 Å². The van der Waals surface area contributed by atoms with Crippen molar-refractivity contribution < 1.29 is 9.47 Å². The van der Waals surface area contributed by atoms with Crippen molar-refractivity contribution in [3.63, 3.8) is 0 Å². The summed E-state index contributed by atoms with van der Waals surface area (Å²) in [6.45, 7) is 10.4. The molecular formula is C19H32IN5O2. The molecule has 3 heterocycles. The second kappa shape index (κ2) is 10.9. The molecule has 2 N–H and O–H groups in total. The molecule has 152 valence electrons. The van der Waals surface area contributed by atoms with E-state index in [0.717, 1.165) is 42.7 Å². The molecule has 27 heavy (non-hydrogen) atoms. The first-order valence-electron chi connectivity index (χ1n) is 9.43. The van der Waals surface area contributed by atoms with Crippen LogP contribution in [0.25, 0.3) is 0 Å². The lowest BCUT2D eigenvalue weighted by atomic mass is 10.1. The van der Waals surface area contributed by atoms with Gasteiger partial charge in [-0.05, 0) is 24.6 Å². The number of guanidine groups is 1. The van der Waals surface area contributed by atoms with Crippen LogP contribution in [0.3, 0.4) is 0 Å². The summed E-state index contributed by atoms with van der Waals surface area (Å²) in [6.07, 6.45) is 0. The number of rotatable bonds is 7. The van der Waals surface area contributed by atoms with Crippen LogP contribution in [0.1, 0.15) is 12.5 Å². The zero-order chi connectivity index (χ0) is 18.4. The molecule has 3 fully saturated rings. The van der Waals surface area contributed by atoms with E-state index in [0.29, 0.717) is 12.6 Å². The van der Waals surface area contributed by atoms with Crippen LogP contribution in [-0.2, 0) is 6.54 Å². The van der Waals surface area contributed by atoms with Gasteiger partial charge in [-0.1, -0.05) is 6.07 Å². The molecule has 0 aromatic heterocycles. The van der Waals surface area contributed by atoms with Gasteiger partial charge in [0.2, 0.25) is 0 Å². The van der Waals surface area contributed by atoms with E-state index in [1.54, 1.807) is 14.2 Å². The third-order valence-corrected chi connectivity index (χ3v) is 5.11. The minimum atomic E-state index is 0. The Hall–Kier alpha value is -1.26. The number of benzene rings is 1. The minimum absolute atomic E-state index is 0. The summed E-state index contributed by atoms with van der Waals surface area (Å²) in [5.74, 6) is 2.33. The van der Waals surface area contributed by atoms with Crippen LogP contribution in [0.5, 0.6) is 11.5 Å². The van der Waals surface area contributed by atoms with Crippen molar-refractivity contribution in [2.24, 2.45) is 4.99 Å². The summed E-state index contributed by atoms with van der Waals surface area (Å²) in [6, 6.07) is 6.49. The fourth-order valence-corrected chi connectivity index (χ4v) is 3.62. The van der Waals surface area contributed by atoms with Crippen molar-refractivity contribution in [2.45, 2.75) is 19.5 Å². The summed E-state index contributed by atoms with van der Waals surface area (Å²) in [5, 5.41) is 6.85. The van der Waals surface area contributed by atoms with Gasteiger partial charge in [0.05, 0.1) is 20.8 Å². The molecule has 7 nitrogen and oxygen atoms in total. The highest BCUT2D eigenvalue weighted by atomic mass is 127. The molecule has 8 heteroatoms. The van der Waals surface area contributed by atoms with Gasteiger partial charge in [0.25, 0.3) is 0 Å². The van der Waals surface area contributed by atoms with E-state index in [-0.39, 0.29) is 24.0 Å². The molecule has 0 saturated carbocycles. The molecule has 1 atom stereocenters. The molecule has 0 amide bonds. The van der Waals surface area contributed by atoms with E-state index in [9.17, 15) is 0 Å². The van der Waals surface area contributed by atoms with Crippen LogP contribution in [0.2, 0.25) is 0 Å². The van der Waals surface area contributed by atoms with Crippen molar-refractivity contribution in [2.75, 3.05) is 60.0 Å². The Labute approximate surface area is 179 Å². The van der Waals surface area contributed by atoms with Crippen LogP contribution in [0.4, 0.5) is 0 Å². The number of nitrogens with one attached hydrogen (secondary N) is 2. The van der Waals surface area contributed by atoms with Gasteiger partial charge in [-0.3, -0.25) is 9.80 Å². The topological polar surface area (TPSA) is 61.4 Å². The van der Waals surface area contributed by atoms with Crippen molar-refractivity contribution in [3.05, 3.63) is 23.8 Å². The summed E-state index contributed by atoms with van der Waals surface area (Å²) in [7, 11) is 3.30. The van der Waals surface area contributed by atoms with Crippen LogP contribution >= 0.6 is 24.0 Å². The summed E-state index contributed by atoms with van der Waals surface area (Å²) < 4.78 is 10.7. The maximum atomic E-state index is 5.37. The number of ether oxygens (including phenoxy) is 2. The Morgan fingerprint density at radius 2 is 1.85 bits per heavy atom. The normalized spacial score (nSPS) is 24.1. The number of nitrogens with zero attached hydrogens (tertiary/aromatic N) is 3. The average Bonchev–Trinajstić information content (AvgIpc) is 2.70. The molecule has 0 spiro atoms. The van der Waals surface area contributed by atoms with Crippen LogP contribution in [0, 0.1) is 0 Å². The van der Waals surface area contributed by atoms with Gasteiger partial charge in [-0.2, -0.15) is 0 Å². The van der Waals surface area contributed by atoms with Crippen LogP contribution in [0.15, 0.2) is 23.2 Å². The van der Waals surface area contributed by atoms with Gasteiger partial charge in [0.1, 0.15) is 0 Å². The van der Waals surface area contributed by atoms with Gasteiger partial charge in [0.15, 0.2) is 17.5 Å². The standard InChI is InChI=1S/C19H31N5O2.HI/c1-4-20-19(22-13-16-14-23-7-9-24(16)10-8-23)21-12-15-5-6-17(25-2)18(11-15)26-3;/h5-6,11,16H,4,7-10,12-14H2,1-3H3,(H2,20,21,22);1H. The lowest BCUT2D eigenvalue weighted by Gasteiger charge is -2.47. The molecule has 4 rings (SSSR count). The van der Waals surface area contributed by atoms with E-state index in [2.05, 4.69) is 27.4 Å². The fraction of sp³-hybridized carbons (Fsp3) is 0.632. The van der Waals surface area contributed by atoms with Crippen molar-refractivity contribution in [3.8, 4) is 11.5 Å². The first-order valence-corrected chi connectivity index (χ1v) is 9.43. The maximum Gasteiger partial charge on any atom is 0.191 e. The van der Waals surface area contributed by atoms with Crippen molar-refractivity contribution >= 4 is 29.9 Å². The Balaban J connectivity index is 0.00000261. The quantitative estimate of drug-likeness (QED) is 0.343. The molecule has 2 bridgehead atoms. The number of halogens is 1. The Kier molecular flexibility index (Phi) is 8.91. The van der Waals surface area contributed by atoms with E-state index >= 15 is 0 Å². The molecule has 3 aliphatic heterocycles. The number of piperazine rings is 3. The zero-order valence-electron chi connectivity index (χ0n) is 16.5. The third kappa shape index (κ3) is 5.86. The van der Waals surface area contributed by atoms with E-state index < -0.39 is 0 Å². The highest BCUT2D eigenvalue weighted by Crippen LogP contribution is 2.27. The number of fused-ring (bicyclic) bond motifs is 3. The molecule has 3 saturated heterocycles. The highest BCUT2D eigenvalue weighted by Gasteiger charge is 2.31. The first kappa shape index (κ1) is 22.0. The first-order chi connectivity index (χ1) is 12.7. The number of aliphatic imine (C=N–C) groups is 1. The monoisotopic (exact) mass is 489 g/mol. The fourth-order valence-electron chi connectivity index (χ4n) is 3.62. The summed E-state index contributed by atoms with van der Waals surface area (Å²) >= 11 is 0. The third-order valence-electron chi connectivity index (χ3n) is 5.11. The van der Waals surface area contributed by atoms with E-state index in [1.807, 2.05) is 18.2 Å². The largest absolute Gasteiger partial charge is 0.493 e. The van der Waals surface area contributed by atoms with Crippen molar-refractivity contribution in [1.29, 1.82) is 0 Å². The number of methoxy groups -OCH3 is 2. The molecule has 1 aromatic rings. The van der Waals surface area contributed by atoms with Gasteiger partial charge in [-0.15, -0.1) is 24.0 Å². The highest BCUT2D eigenvalue weighted by molar-refractivity contribution is 14.0. The molecule has 0 aliphatic carbocycles. The Bertz CT molecular complexity index is 620. The number of hydrogen-bond acceptors (Lipinski definition) is 5. The molecular weight excluding hydrogens is 457 g/mol. The van der Waals surface area contributed by atoms with Crippen LogP contribution < -0.4 is 20.1 Å². The van der Waals surface area contributed by atoms with Gasteiger partial charge in [-0.25, -0.2) is 4.99 Å². The van der Waals surface area contributed by atoms with Gasteiger partial charge < -0.3 is 20.1 Å². The van der Waals surface area contributed by atoms with E-state index in [4.69, 9.17) is 14.5 Å². The summed E-state index contributed by atoms with van der Waals surface area (Å²) in [5.41, 5.74) is 1.09. The lowest BCUT2D eigenvalue weighted by Crippen LogP contribution is -2.63. The predicted molar refractivity (Wildman–Crippen MR) is 120 cm³/mol. The molecule has 1 aromatic carbocycles. The van der Waals surface area contributed by atoms with E-state index in [1.165, 1.54) is 26.2 Å². The molecule has 1 unspecified atom stereocenters. The smallest absolute Gasteiger partial charge is 0.191 e. The molecule has 0 radical (unpaired) electrons. The number of hydrogen-bond donors (Lipinski definition) is 2. The second-order valence-corrected chi connectivity index (χ2v) is 6.76. The SMILES string of the molecule is CCNC(=NCc1ccc(OC)c(OC)c1)NCC1CN2CCN1CC2.I. The molecule has 3 aliphatic rings.